The van der Waals surface area contributed by atoms with Crippen molar-refractivity contribution in [3.05, 3.63) is 0 Å². The van der Waals surface area contributed by atoms with Crippen molar-refractivity contribution in [3.8, 4) is 0 Å². The Balaban J connectivity index is 1.95. The van der Waals surface area contributed by atoms with E-state index in [-0.39, 0.29) is 12.0 Å². The van der Waals surface area contributed by atoms with Gasteiger partial charge in [0.2, 0.25) is 5.91 Å². The van der Waals surface area contributed by atoms with Crippen LogP contribution in [-0.4, -0.2) is 41.4 Å². The highest BCUT2D eigenvalue weighted by Crippen LogP contribution is 2.27. The highest BCUT2D eigenvalue weighted by atomic mass is 79.9. The Kier molecular flexibility index (Phi) is 4.25. The van der Waals surface area contributed by atoms with E-state index in [1.807, 2.05) is 4.90 Å². The summed E-state index contributed by atoms with van der Waals surface area (Å²) in [5, 5.41) is 0. The third-order valence-corrected chi connectivity index (χ3v) is 4.35. The van der Waals surface area contributed by atoms with E-state index < -0.39 is 0 Å². The molecule has 0 aromatic rings. The van der Waals surface area contributed by atoms with Gasteiger partial charge >= 0.3 is 0 Å². The number of hydrogen-bond donors (Lipinski definition) is 0. The maximum absolute atomic E-state index is 12.3. The van der Waals surface area contributed by atoms with Crippen LogP contribution in [0.4, 0.5) is 0 Å². The average Bonchev–Trinajstić information content (AvgIpc) is 2.76. The van der Waals surface area contributed by atoms with E-state index >= 15 is 0 Å². The number of rotatable bonds is 2. The molecule has 0 aromatic carbocycles. The molecule has 0 radical (unpaired) electrons. The molecular weight excluding hydrogens is 270 g/mol. The summed E-state index contributed by atoms with van der Waals surface area (Å²) in [6.07, 6.45) is 4.31. The Hall–Kier alpha value is -0.0900. The van der Waals surface area contributed by atoms with Gasteiger partial charge in [-0.3, -0.25) is 4.79 Å². The van der Waals surface area contributed by atoms with Crippen LogP contribution in [0.3, 0.4) is 0 Å². The molecule has 3 atom stereocenters. The largest absolute Gasteiger partial charge is 0.377 e. The second kappa shape index (κ2) is 5.50. The molecule has 2 heterocycles. The number of carbonyl (C=O) groups excluding carboxylic acids is 1. The molecule has 0 N–H and O–H groups in total. The lowest BCUT2D eigenvalue weighted by Crippen LogP contribution is -2.45. The molecule has 2 aliphatic heterocycles. The van der Waals surface area contributed by atoms with Crippen molar-refractivity contribution in [1.82, 2.24) is 4.90 Å². The summed E-state index contributed by atoms with van der Waals surface area (Å²) in [6, 6.07) is 0. The van der Waals surface area contributed by atoms with Gasteiger partial charge in [-0.1, -0.05) is 22.9 Å². The molecule has 2 saturated heterocycles. The standard InChI is InChI=1S/C12H20BrNO2/c1-2-11-10(5-7-16-11)12(15)14-6-3-4-9(13)8-14/h9-11H,2-8H2,1H3. The van der Waals surface area contributed by atoms with Gasteiger partial charge < -0.3 is 9.64 Å². The highest BCUT2D eigenvalue weighted by Gasteiger charge is 2.36. The lowest BCUT2D eigenvalue weighted by Gasteiger charge is -2.32. The molecule has 0 bridgehead atoms. The van der Waals surface area contributed by atoms with Crippen LogP contribution >= 0.6 is 15.9 Å². The second-order valence-corrected chi connectivity index (χ2v) is 6.03. The summed E-state index contributed by atoms with van der Waals surface area (Å²) < 4.78 is 5.59. The minimum Gasteiger partial charge on any atom is -0.377 e. The van der Waals surface area contributed by atoms with Crippen molar-refractivity contribution < 1.29 is 9.53 Å². The zero-order valence-corrected chi connectivity index (χ0v) is 11.4. The van der Waals surface area contributed by atoms with Gasteiger partial charge in [-0.15, -0.1) is 0 Å². The summed E-state index contributed by atoms with van der Waals surface area (Å²) in [7, 11) is 0. The first-order valence-corrected chi connectivity index (χ1v) is 7.18. The van der Waals surface area contributed by atoms with Crippen LogP contribution in [0.5, 0.6) is 0 Å². The highest BCUT2D eigenvalue weighted by molar-refractivity contribution is 9.09. The first-order valence-electron chi connectivity index (χ1n) is 6.26. The first kappa shape index (κ1) is 12.4. The topological polar surface area (TPSA) is 29.5 Å². The van der Waals surface area contributed by atoms with Gasteiger partial charge in [0.1, 0.15) is 0 Å². The third-order valence-electron chi connectivity index (χ3n) is 3.60. The number of nitrogens with zero attached hydrogens (tertiary/aromatic N) is 1. The van der Waals surface area contributed by atoms with Crippen molar-refractivity contribution in [2.75, 3.05) is 19.7 Å². The molecule has 16 heavy (non-hydrogen) atoms. The van der Waals surface area contributed by atoms with E-state index in [2.05, 4.69) is 22.9 Å². The summed E-state index contributed by atoms with van der Waals surface area (Å²) in [4.78, 5) is 14.8. The first-order chi connectivity index (χ1) is 7.72. The quantitative estimate of drug-likeness (QED) is 0.730. The zero-order valence-electron chi connectivity index (χ0n) is 9.82. The van der Waals surface area contributed by atoms with E-state index in [0.717, 1.165) is 39.0 Å². The number of ether oxygens (including phenoxy) is 1. The third kappa shape index (κ3) is 2.59. The summed E-state index contributed by atoms with van der Waals surface area (Å²) in [5.74, 6) is 0.427. The van der Waals surface area contributed by atoms with Crippen molar-refractivity contribution in [3.63, 3.8) is 0 Å². The van der Waals surface area contributed by atoms with Gasteiger partial charge in [0, 0.05) is 24.5 Å². The number of amides is 1. The van der Waals surface area contributed by atoms with Crippen molar-refractivity contribution >= 4 is 21.8 Å². The van der Waals surface area contributed by atoms with Crippen molar-refractivity contribution in [2.24, 2.45) is 5.92 Å². The van der Waals surface area contributed by atoms with Gasteiger partial charge in [-0.05, 0) is 25.7 Å². The predicted octanol–water partition coefficient (Wildman–Crippen LogP) is 2.19. The number of halogens is 1. The number of likely N-dealkylation sites (tertiary alicyclic amines) is 1. The lowest BCUT2D eigenvalue weighted by atomic mass is 9.97. The smallest absolute Gasteiger partial charge is 0.228 e. The average molecular weight is 290 g/mol. The fourth-order valence-electron chi connectivity index (χ4n) is 2.69. The Morgan fingerprint density at radius 1 is 1.50 bits per heavy atom. The van der Waals surface area contributed by atoms with Crippen LogP contribution in [0.2, 0.25) is 0 Å². The fraction of sp³-hybridized carbons (Fsp3) is 0.917. The maximum Gasteiger partial charge on any atom is 0.228 e. The molecule has 2 fully saturated rings. The molecule has 1 amide bonds. The molecule has 0 aromatic heterocycles. The van der Waals surface area contributed by atoms with E-state index in [9.17, 15) is 4.79 Å². The predicted molar refractivity (Wildman–Crippen MR) is 66.7 cm³/mol. The normalized spacial score (nSPS) is 35.4. The fourth-order valence-corrected chi connectivity index (χ4v) is 3.37. The maximum atomic E-state index is 12.3. The van der Waals surface area contributed by atoms with Crippen LogP contribution in [0.15, 0.2) is 0 Å². The number of carbonyl (C=O) groups is 1. The number of alkyl halides is 1. The SMILES string of the molecule is CCC1OCCC1C(=O)N1CCCC(Br)C1. The molecular formula is C12H20BrNO2. The zero-order chi connectivity index (χ0) is 11.5. The van der Waals surface area contributed by atoms with Gasteiger partial charge in [0.15, 0.2) is 0 Å². The monoisotopic (exact) mass is 289 g/mol. The van der Waals surface area contributed by atoms with Gasteiger partial charge in [0.25, 0.3) is 0 Å². The van der Waals surface area contributed by atoms with Gasteiger partial charge in [-0.25, -0.2) is 0 Å². The van der Waals surface area contributed by atoms with Crippen molar-refractivity contribution in [2.45, 2.75) is 43.5 Å². The summed E-state index contributed by atoms with van der Waals surface area (Å²) in [5.41, 5.74) is 0. The van der Waals surface area contributed by atoms with E-state index in [4.69, 9.17) is 4.74 Å². The van der Waals surface area contributed by atoms with E-state index in [1.54, 1.807) is 0 Å². The molecule has 92 valence electrons. The minimum absolute atomic E-state index is 0.114. The molecule has 4 heteroatoms. The Morgan fingerprint density at radius 2 is 2.31 bits per heavy atom. The van der Waals surface area contributed by atoms with E-state index in [1.165, 1.54) is 6.42 Å². The molecule has 3 unspecified atom stereocenters. The molecule has 0 aliphatic carbocycles. The molecule has 2 rings (SSSR count). The second-order valence-electron chi connectivity index (χ2n) is 4.74. The lowest BCUT2D eigenvalue weighted by molar-refractivity contribution is -0.138. The molecule has 0 saturated carbocycles. The Labute approximate surface area is 106 Å². The van der Waals surface area contributed by atoms with Crippen molar-refractivity contribution in [1.29, 1.82) is 0 Å². The molecule has 2 aliphatic rings. The Bertz CT molecular complexity index is 259. The number of piperidine rings is 1. The van der Waals surface area contributed by atoms with E-state index in [0.29, 0.717) is 10.7 Å². The van der Waals surface area contributed by atoms with Crippen LogP contribution in [0.1, 0.15) is 32.6 Å². The van der Waals surface area contributed by atoms with Gasteiger partial charge in [-0.2, -0.15) is 0 Å². The Morgan fingerprint density at radius 3 is 3.00 bits per heavy atom. The molecule has 3 nitrogen and oxygen atoms in total. The van der Waals surface area contributed by atoms with Crippen LogP contribution in [-0.2, 0) is 9.53 Å². The van der Waals surface area contributed by atoms with Crippen LogP contribution < -0.4 is 0 Å². The summed E-state index contributed by atoms with van der Waals surface area (Å²) >= 11 is 3.61. The van der Waals surface area contributed by atoms with Gasteiger partial charge in [0.05, 0.1) is 12.0 Å². The number of hydrogen-bond acceptors (Lipinski definition) is 2. The summed E-state index contributed by atoms with van der Waals surface area (Å²) in [6.45, 7) is 4.64. The van der Waals surface area contributed by atoms with Crippen LogP contribution in [0.25, 0.3) is 0 Å². The minimum atomic E-state index is 0.114. The van der Waals surface area contributed by atoms with Crippen LogP contribution in [0, 0.1) is 5.92 Å². The molecule has 0 spiro atoms.